The summed E-state index contributed by atoms with van der Waals surface area (Å²) in [6, 6.07) is 15.3. The molecular weight excluding hydrogens is 445 g/mol. The number of aromatic nitrogens is 3. The van der Waals surface area contributed by atoms with Gasteiger partial charge in [0.05, 0.1) is 22.9 Å². The van der Waals surface area contributed by atoms with Gasteiger partial charge in [-0.15, -0.1) is 21.5 Å². The summed E-state index contributed by atoms with van der Waals surface area (Å²) >= 11 is 2.64. The van der Waals surface area contributed by atoms with Crippen molar-refractivity contribution < 1.29 is 18.0 Å². The van der Waals surface area contributed by atoms with Gasteiger partial charge in [0, 0.05) is 0 Å². The molecule has 5 nitrogen and oxygen atoms in total. The van der Waals surface area contributed by atoms with E-state index in [2.05, 4.69) is 15.5 Å². The van der Waals surface area contributed by atoms with E-state index in [0.29, 0.717) is 17.5 Å². The fourth-order valence-corrected chi connectivity index (χ4v) is 4.29. The first-order chi connectivity index (χ1) is 15.0. The van der Waals surface area contributed by atoms with Gasteiger partial charge in [-0.25, -0.2) is 13.2 Å². The molecule has 0 saturated heterocycles. The lowest BCUT2D eigenvalue weighted by Crippen LogP contribution is -2.16. The third kappa shape index (κ3) is 4.80. The Morgan fingerprint density at radius 2 is 1.81 bits per heavy atom. The number of carbonyl (C=O) groups is 1. The van der Waals surface area contributed by atoms with Gasteiger partial charge in [-0.2, -0.15) is 0 Å². The zero-order chi connectivity index (χ0) is 21.8. The van der Waals surface area contributed by atoms with Crippen LogP contribution in [-0.4, -0.2) is 26.4 Å². The molecule has 0 atom stereocenters. The third-order valence-corrected chi connectivity index (χ3v) is 6.12. The molecule has 2 aromatic heterocycles. The molecule has 4 rings (SSSR count). The maximum atomic E-state index is 13.8. The van der Waals surface area contributed by atoms with Gasteiger partial charge in [-0.1, -0.05) is 48.2 Å². The van der Waals surface area contributed by atoms with Crippen molar-refractivity contribution in [3.05, 3.63) is 83.0 Å². The van der Waals surface area contributed by atoms with Crippen LogP contribution in [0.2, 0.25) is 0 Å². The zero-order valence-electron chi connectivity index (χ0n) is 15.9. The summed E-state index contributed by atoms with van der Waals surface area (Å²) < 4.78 is 42.1. The lowest BCUT2D eigenvalue weighted by atomic mass is 10.2. The summed E-state index contributed by atoms with van der Waals surface area (Å²) in [5.41, 5.74) is 0.616. The quantitative estimate of drug-likeness (QED) is 0.304. The second-order valence-electron chi connectivity index (χ2n) is 6.41. The van der Waals surface area contributed by atoms with Gasteiger partial charge >= 0.3 is 0 Å². The predicted octanol–water partition coefficient (Wildman–Crippen LogP) is 5.20. The molecule has 0 unspecified atom stereocenters. The Balaban J connectivity index is 1.52. The Morgan fingerprint density at radius 1 is 1.00 bits per heavy atom. The summed E-state index contributed by atoms with van der Waals surface area (Å²) in [6.45, 7) is 0.503. The number of hydrogen-bond acceptors (Lipinski definition) is 5. The van der Waals surface area contributed by atoms with Crippen molar-refractivity contribution >= 4 is 34.7 Å². The highest BCUT2D eigenvalue weighted by Gasteiger charge is 2.18. The van der Waals surface area contributed by atoms with Crippen LogP contribution in [-0.2, 0) is 11.3 Å². The van der Waals surface area contributed by atoms with Crippen molar-refractivity contribution in [2.45, 2.75) is 11.7 Å². The van der Waals surface area contributed by atoms with Crippen LogP contribution in [0.25, 0.3) is 10.7 Å². The second kappa shape index (κ2) is 9.36. The van der Waals surface area contributed by atoms with Gasteiger partial charge in [-0.3, -0.25) is 9.36 Å². The minimum absolute atomic E-state index is 0.115. The van der Waals surface area contributed by atoms with Crippen molar-refractivity contribution in [1.29, 1.82) is 0 Å². The summed E-state index contributed by atoms with van der Waals surface area (Å²) in [6.07, 6.45) is 0. The molecule has 4 aromatic rings. The van der Waals surface area contributed by atoms with E-state index in [9.17, 15) is 18.0 Å². The topological polar surface area (TPSA) is 59.8 Å². The molecule has 0 bridgehead atoms. The number of nitrogens with one attached hydrogen (secondary N) is 1. The van der Waals surface area contributed by atoms with Gasteiger partial charge in [-0.05, 0) is 29.1 Å². The van der Waals surface area contributed by atoms with Crippen LogP contribution in [0.3, 0.4) is 0 Å². The van der Waals surface area contributed by atoms with Gasteiger partial charge in [0.2, 0.25) is 5.91 Å². The van der Waals surface area contributed by atoms with Crippen LogP contribution in [0.4, 0.5) is 18.9 Å². The SMILES string of the molecule is O=C(CSc1nnc(-c2cccs2)n1Cc1ccccc1)Nc1ccc(F)c(F)c1F. The van der Waals surface area contributed by atoms with Crippen LogP contribution >= 0.6 is 23.1 Å². The van der Waals surface area contributed by atoms with Crippen LogP contribution in [0.1, 0.15) is 5.56 Å². The molecule has 10 heteroatoms. The first kappa shape index (κ1) is 21.1. The molecule has 1 N–H and O–H groups in total. The first-order valence-electron chi connectivity index (χ1n) is 9.10. The molecule has 0 saturated carbocycles. The number of amides is 1. The van der Waals surface area contributed by atoms with Crippen molar-refractivity contribution in [2.75, 3.05) is 11.1 Å². The minimum Gasteiger partial charge on any atom is -0.323 e. The number of rotatable bonds is 7. The van der Waals surface area contributed by atoms with Crippen LogP contribution in [0, 0.1) is 17.5 Å². The maximum Gasteiger partial charge on any atom is 0.234 e. The molecule has 0 spiro atoms. The van der Waals surface area contributed by atoms with Crippen LogP contribution < -0.4 is 5.32 Å². The van der Waals surface area contributed by atoms with Crippen LogP contribution in [0.5, 0.6) is 0 Å². The van der Waals surface area contributed by atoms with Gasteiger partial charge in [0.15, 0.2) is 28.4 Å². The average molecular weight is 461 g/mol. The molecule has 1 amide bonds. The fraction of sp³-hybridized carbons (Fsp3) is 0.0952. The third-order valence-electron chi connectivity index (χ3n) is 4.28. The highest BCUT2D eigenvalue weighted by atomic mass is 32.2. The lowest BCUT2D eigenvalue weighted by molar-refractivity contribution is -0.113. The smallest absolute Gasteiger partial charge is 0.234 e. The molecule has 0 radical (unpaired) electrons. The van der Waals surface area contributed by atoms with E-state index in [1.807, 2.05) is 52.4 Å². The van der Waals surface area contributed by atoms with E-state index >= 15 is 0 Å². The summed E-state index contributed by atoms with van der Waals surface area (Å²) in [7, 11) is 0. The molecule has 0 fully saturated rings. The average Bonchev–Trinajstić information content (AvgIpc) is 3.43. The number of halogens is 3. The molecule has 0 aliphatic carbocycles. The standard InChI is InChI=1S/C21H15F3N4OS2/c22-14-8-9-15(19(24)18(14)23)25-17(29)12-31-21-27-26-20(16-7-4-10-30-16)28(21)11-13-5-2-1-3-6-13/h1-10H,11-12H2,(H,25,29). The molecule has 2 aromatic carbocycles. The minimum atomic E-state index is -1.63. The van der Waals surface area contributed by atoms with Gasteiger partial charge < -0.3 is 5.32 Å². The van der Waals surface area contributed by atoms with E-state index < -0.39 is 29.0 Å². The Kier molecular flexibility index (Phi) is 6.38. The van der Waals surface area contributed by atoms with E-state index in [0.717, 1.165) is 34.3 Å². The Hall–Kier alpha value is -3.11. The van der Waals surface area contributed by atoms with Crippen LogP contribution in [0.15, 0.2) is 65.1 Å². The maximum absolute atomic E-state index is 13.8. The molecule has 0 aliphatic rings. The molecule has 0 aliphatic heterocycles. The number of nitrogens with zero attached hydrogens (tertiary/aromatic N) is 3. The molecule has 158 valence electrons. The highest BCUT2D eigenvalue weighted by molar-refractivity contribution is 7.99. The predicted molar refractivity (Wildman–Crippen MR) is 115 cm³/mol. The van der Waals surface area contributed by atoms with Gasteiger partial charge in [0.25, 0.3) is 0 Å². The fourth-order valence-electron chi connectivity index (χ4n) is 2.83. The largest absolute Gasteiger partial charge is 0.323 e. The van der Waals surface area contributed by atoms with Crippen molar-refractivity contribution in [3.63, 3.8) is 0 Å². The first-order valence-corrected chi connectivity index (χ1v) is 11.0. The normalized spacial score (nSPS) is 10.9. The number of thioether (sulfide) groups is 1. The van der Waals surface area contributed by atoms with E-state index in [1.54, 1.807) is 0 Å². The Bertz CT molecular complexity index is 1200. The van der Waals surface area contributed by atoms with Crippen molar-refractivity contribution in [3.8, 4) is 10.7 Å². The zero-order valence-corrected chi connectivity index (χ0v) is 17.5. The Labute approximate surface area is 183 Å². The van der Waals surface area contributed by atoms with E-state index in [1.165, 1.54) is 11.3 Å². The Morgan fingerprint density at radius 3 is 2.55 bits per heavy atom. The number of benzene rings is 2. The molecule has 2 heterocycles. The van der Waals surface area contributed by atoms with Crippen molar-refractivity contribution in [1.82, 2.24) is 14.8 Å². The number of carbonyl (C=O) groups excluding carboxylic acids is 1. The lowest BCUT2D eigenvalue weighted by Gasteiger charge is -2.10. The van der Waals surface area contributed by atoms with E-state index in [-0.39, 0.29) is 5.75 Å². The number of hydrogen-bond donors (Lipinski definition) is 1. The van der Waals surface area contributed by atoms with E-state index in [4.69, 9.17) is 0 Å². The summed E-state index contributed by atoms with van der Waals surface area (Å²) in [5, 5.41) is 13.2. The molecule has 31 heavy (non-hydrogen) atoms. The second-order valence-corrected chi connectivity index (χ2v) is 8.31. The summed E-state index contributed by atoms with van der Waals surface area (Å²) in [5.74, 6) is -4.41. The summed E-state index contributed by atoms with van der Waals surface area (Å²) in [4.78, 5) is 13.2. The number of thiophene rings is 1. The highest BCUT2D eigenvalue weighted by Crippen LogP contribution is 2.28. The monoisotopic (exact) mass is 460 g/mol. The number of anilines is 1. The van der Waals surface area contributed by atoms with Crippen molar-refractivity contribution in [2.24, 2.45) is 0 Å². The molecular formula is C21H15F3N4OS2. The van der Waals surface area contributed by atoms with Gasteiger partial charge in [0.1, 0.15) is 0 Å².